The zero-order valence-corrected chi connectivity index (χ0v) is 18.2. The lowest BCUT2D eigenvalue weighted by Crippen LogP contribution is -2.21. The maximum atomic E-state index is 10.2. The zero-order chi connectivity index (χ0) is 20.2. The number of hydrogen-bond donors (Lipinski definition) is 1. The van der Waals surface area contributed by atoms with Crippen LogP contribution in [0.1, 0.15) is 62.1 Å². The highest BCUT2D eigenvalue weighted by molar-refractivity contribution is 5.69. The van der Waals surface area contributed by atoms with Gasteiger partial charge in [-0.3, -0.25) is 4.98 Å². The molecule has 0 aliphatic heterocycles. The van der Waals surface area contributed by atoms with Crippen molar-refractivity contribution in [3.63, 3.8) is 0 Å². The molecule has 0 amide bonds. The Morgan fingerprint density at radius 3 is 2.11 bits per heavy atom. The monoisotopic (exact) mass is 368 g/mol. The summed E-state index contributed by atoms with van der Waals surface area (Å²) in [5, 5.41) is 10.2. The standard InChI is InChI=1S/C24H36N2O/c1-8-18-11-10-12-19(9-2)23(18)22-15-20(13-14-24(4,5)27)21(16-26(6)7)17(3)25-22/h10-12,15,27H,8-9,13-14,16H2,1-7H3. The lowest BCUT2D eigenvalue weighted by molar-refractivity contribution is 0.0713. The van der Waals surface area contributed by atoms with Crippen LogP contribution in [0.3, 0.4) is 0 Å². The van der Waals surface area contributed by atoms with Gasteiger partial charge in [0.2, 0.25) is 0 Å². The summed E-state index contributed by atoms with van der Waals surface area (Å²) in [7, 11) is 4.18. The summed E-state index contributed by atoms with van der Waals surface area (Å²) in [5.41, 5.74) is 8.12. The summed E-state index contributed by atoms with van der Waals surface area (Å²) < 4.78 is 0. The van der Waals surface area contributed by atoms with Crippen molar-refractivity contribution in [3.8, 4) is 11.3 Å². The minimum absolute atomic E-state index is 0.664. The number of benzene rings is 1. The Morgan fingerprint density at radius 1 is 1.04 bits per heavy atom. The van der Waals surface area contributed by atoms with E-state index in [0.29, 0.717) is 0 Å². The number of aryl methyl sites for hydroxylation is 4. The topological polar surface area (TPSA) is 36.4 Å². The Hall–Kier alpha value is -1.71. The minimum atomic E-state index is -0.664. The molecule has 1 aromatic heterocycles. The number of pyridine rings is 1. The van der Waals surface area contributed by atoms with E-state index in [9.17, 15) is 5.11 Å². The van der Waals surface area contributed by atoms with Crippen LogP contribution in [-0.4, -0.2) is 34.7 Å². The number of aliphatic hydroxyl groups is 1. The summed E-state index contributed by atoms with van der Waals surface area (Å²) in [4.78, 5) is 7.22. The second-order valence-electron chi connectivity index (χ2n) is 8.44. The van der Waals surface area contributed by atoms with Crippen LogP contribution < -0.4 is 0 Å². The van der Waals surface area contributed by atoms with Gasteiger partial charge >= 0.3 is 0 Å². The molecule has 1 N–H and O–H groups in total. The Labute approximate surface area is 165 Å². The van der Waals surface area contributed by atoms with Gasteiger partial charge < -0.3 is 10.0 Å². The second kappa shape index (κ2) is 8.99. The third-order valence-corrected chi connectivity index (χ3v) is 5.16. The number of rotatable bonds is 8. The number of hydrogen-bond acceptors (Lipinski definition) is 3. The highest BCUT2D eigenvalue weighted by Crippen LogP contribution is 2.31. The van der Waals surface area contributed by atoms with E-state index >= 15 is 0 Å². The first-order chi connectivity index (χ1) is 12.7. The Bertz CT molecular complexity index is 750. The van der Waals surface area contributed by atoms with Gasteiger partial charge in [-0.05, 0) is 88.9 Å². The predicted molar refractivity (Wildman–Crippen MR) is 115 cm³/mol. The summed E-state index contributed by atoms with van der Waals surface area (Å²) in [6, 6.07) is 8.86. The van der Waals surface area contributed by atoms with Gasteiger partial charge in [-0.15, -0.1) is 0 Å². The Kier molecular flexibility index (Phi) is 7.19. The molecule has 3 heteroatoms. The van der Waals surface area contributed by atoms with Gasteiger partial charge in [0.05, 0.1) is 11.3 Å². The summed E-state index contributed by atoms with van der Waals surface area (Å²) in [5.74, 6) is 0. The second-order valence-corrected chi connectivity index (χ2v) is 8.44. The largest absolute Gasteiger partial charge is 0.390 e. The van der Waals surface area contributed by atoms with E-state index in [0.717, 1.165) is 43.6 Å². The van der Waals surface area contributed by atoms with Crippen molar-refractivity contribution >= 4 is 0 Å². The van der Waals surface area contributed by atoms with E-state index in [4.69, 9.17) is 4.98 Å². The van der Waals surface area contributed by atoms with Gasteiger partial charge in [0.25, 0.3) is 0 Å². The van der Waals surface area contributed by atoms with Crippen LogP contribution in [0.5, 0.6) is 0 Å². The van der Waals surface area contributed by atoms with Gasteiger partial charge in [0, 0.05) is 17.8 Å². The van der Waals surface area contributed by atoms with E-state index in [1.165, 1.54) is 27.8 Å². The van der Waals surface area contributed by atoms with E-state index in [1.54, 1.807) is 0 Å². The van der Waals surface area contributed by atoms with Crippen LogP contribution in [0, 0.1) is 6.92 Å². The molecule has 0 fully saturated rings. The number of aromatic nitrogens is 1. The van der Waals surface area contributed by atoms with E-state index < -0.39 is 5.60 Å². The molecule has 3 nitrogen and oxygen atoms in total. The molecule has 148 valence electrons. The van der Waals surface area contributed by atoms with Crippen LogP contribution >= 0.6 is 0 Å². The average molecular weight is 369 g/mol. The van der Waals surface area contributed by atoms with Crippen molar-refractivity contribution in [3.05, 3.63) is 52.2 Å². The predicted octanol–water partition coefficient (Wildman–Crippen LogP) is 4.95. The molecule has 0 saturated heterocycles. The first-order valence-electron chi connectivity index (χ1n) is 10.1. The van der Waals surface area contributed by atoms with Gasteiger partial charge in [-0.2, -0.15) is 0 Å². The van der Waals surface area contributed by atoms with Gasteiger partial charge in [0.15, 0.2) is 0 Å². The molecule has 27 heavy (non-hydrogen) atoms. The molecular formula is C24H36N2O. The summed E-state index contributed by atoms with van der Waals surface area (Å²) in [6.07, 6.45) is 3.61. The molecule has 2 rings (SSSR count). The van der Waals surface area contributed by atoms with E-state index in [2.05, 4.69) is 64.0 Å². The molecule has 0 aliphatic carbocycles. The highest BCUT2D eigenvalue weighted by Gasteiger charge is 2.18. The van der Waals surface area contributed by atoms with Crippen LogP contribution in [0.25, 0.3) is 11.3 Å². The minimum Gasteiger partial charge on any atom is -0.390 e. The molecule has 0 aliphatic rings. The van der Waals surface area contributed by atoms with Gasteiger partial charge in [-0.1, -0.05) is 32.0 Å². The van der Waals surface area contributed by atoms with Crippen LogP contribution in [0.4, 0.5) is 0 Å². The zero-order valence-electron chi connectivity index (χ0n) is 18.2. The van der Waals surface area contributed by atoms with Gasteiger partial charge in [0.1, 0.15) is 0 Å². The molecule has 1 aromatic carbocycles. The lowest BCUT2D eigenvalue weighted by atomic mass is 9.90. The highest BCUT2D eigenvalue weighted by atomic mass is 16.3. The third kappa shape index (κ3) is 5.63. The van der Waals surface area contributed by atoms with Crippen LogP contribution in [0.2, 0.25) is 0 Å². The maximum Gasteiger partial charge on any atom is 0.0713 e. The van der Waals surface area contributed by atoms with Crippen molar-refractivity contribution in [2.75, 3.05) is 14.1 Å². The molecule has 0 unspecified atom stereocenters. The first-order valence-corrected chi connectivity index (χ1v) is 10.1. The molecule has 0 spiro atoms. The SMILES string of the molecule is CCc1cccc(CC)c1-c1cc(CCC(C)(C)O)c(CN(C)C)c(C)n1. The number of nitrogens with zero attached hydrogens (tertiary/aromatic N) is 2. The van der Waals surface area contributed by atoms with Crippen molar-refractivity contribution < 1.29 is 5.11 Å². The Morgan fingerprint density at radius 2 is 1.63 bits per heavy atom. The molecular weight excluding hydrogens is 332 g/mol. The maximum absolute atomic E-state index is 10.2. The average Bonchev–Trinajstić information content (AvgIpc) is 2.60. The van der Waals surface area contributed by atoms with Crippen molar-refractivity contribution in [1.82, 2.24) is 9.88 Å². The Balaban J connectivity index is 2.61. The van der Waals surface area contributed by atoms with Crippen LogP contribution in [-0.2, 0) is 25.8 Å². The molecule has 1 heterocycles. The molecule has 0 saturated carbocycles. The molecule has 0 bridgehead atoms. The normalized spacial score (nSPS) is 12.0. The van der Waals surface area contributed by atoms with Crippen molar-refractivity contribution in [2.24, 2.45) is 0 Å². The summed E-state index contributed by atoms with van der Waals surface area (Å²) in [6.45, 7) is 11.2. The fourth-order valence-corrected chi connectivity index (χ4v) is 3.66. The quantitative estimate of drug-likeness (QED) is 0.716. The van der Waals surface area contributed by atoms with Crippen LogP contribution in [0.15, 0.2) is 24.3 Å². The van der Waals surface area contributed by atoms with E-state index in [1.807, 2.05) is 13.8 Å². The fraction of sp³-hybridized carbons (Fsp3) is 0.542. The third-order valence-electron chi connectivity index (χ3n) is 5.16. The van der Waals surface area contributed by atoms with Gasteiger partial charge in [-0.25, -0.2) is 0 Å². The first kappa shape index (κ1) is 21.6. The van der Waals surface area contributed by atoms with E-state index in [-0.39, 0.29) is 0 Å². The fourth-order valence-electron chi connectivity index (χ4n) is 3.66. The molecule has 0 atom stereocenters. The summed E-state index contributed by atoms with van der Waals surface area (Å²) >= 11 is 0. The van der Waals surface area contributed by atoms with Crippen molar-refractivity contribution in [2.45, 2.75) is 72.4 Å². The molecule has 2 aromatic rings. The molecule has 0 radical (unpaired) electrons. The van der Waals surface area contributed by atoms with Crippen molar-refractivity contribution in [1.29, 1.82) is 0 Å². The lowest BCUT2D eigenvalue weighted by Gasteiger charge is -2.22. The smallest absolute Gasteiger partial charge is 0.0713 e.